The van der Waals surface area contributed by atoms with Crippen molar-refractivity contribution in [2.24, 2.45) is 5.92 Å². The summed E-state index contributed by atoms with van der Waals surface area (Å²) in [6.07, 6.45) is 4.65. The zero-order chi connectivity index (χ0) is 12.4. The first-order valence-electron chi connectivity index (χ1n) is 6.66. The number of benzene rings is 1. The van der Waals surface area contributed by atoms with Gasteiger partial charge in [-0.05, 0) is 56.5 Å². The van der Waals surface area contributed by atoms with Gasteiger partial charge in [-0.1, -0.05) is 0 Å². The van der Waals surface area contributed by atoms with Gasteiger partial charge >= 0.3 is 0 Å². The van der Waals surface area contributed by atoms with E-state index in [1.54, 1.807) is 6.07 Å². The van der Waals surface area contributed by atoms with Gasteiger partial charge in [0.25, 0.3) is 0 Å². The van der Waals surface area contributed by atoms with Crippen molar-refractivity contribution in [3.8, 4) is 0 Å². The molecule has 1 fully saturated rings. The number of imidazole rings is 1. The van der Waals surface area contributed by atoms with Gasteiger partial charge in [0.2, 0.25) is 0 Å². The average Bonchev–Trinajstić information content (AvgIpc) is 2.79. The fourth-order valence-corrected chi connectivity index (χ4v) is 2.66. The minimum atomic E-state index is -0.212. The van der Waals surface area contributed by atoms with E-state index in [9.17, 15) is 4.39 Å². The maximum atomic E-state index is 13.1. The van der Waals surface area contributed by atoms with E-state index in [-0.39, 0.29) is 5.82 Å². The molecule has 0 radical (unpaired) electrons. The molecule has 1 saturated heterocycles. The second-order valence-corrected chi connectivity index (χ2v) is 5.08. The molecular weight excluding hydrogens is 229 g/mol. The summed E-state index contributed by atoms with van der Waals surface area (Å²) in [6, 6.07) is 4.70. The molecule has 0 atom stereocenters. The van der Waals surface area contributed by atoms with E-state index in [1.165, 1.54) is 31.4 Å². The molecule has 1 aliphatic heterocycles. The molecule has 0 saturated carbocycles. The van der Waals surface area contributed by atoms with Gasteiger partial charge in [0.1, 0.15) is 11.6 Å². The van der Waals surface area contributed by atoms with Crippen molar-refractivity contribution in [1.29, 1.82) is 0 Å². The maximum Gasteiger partial charge on any atom is 0.125 e. The van der Waals surface area contributed by atoms with E-state index in [0.717, 1.165) is 42.3 Å². The lowest BCUT2D eigenvalue weighted by Crippen LogP contribution is -2.27. The number of hydrogen-bond acceptors (Lipinski definition) is 2. The van der Waals surface area contributed by atoms with Crippen LogP contribution < -0.4 is 5.32 Å². The van der Waals surface area contributed by atoms with Gasteiger partial charge < -0.3 is 10.3 Å². The number of rotatable bonds is 3. The minimum absolute atomic E-state index is 0.212. The molecule has 0 amide bonds. The summed E-state index contributed by atoms with van der Waals surface area (Å²) in [5.74, 6) is 1.57. The summed E-state index contributed by atoms with van der Waals surface area (Å²) in [4.78, 5) is 7.71. The summed E-state index contributed by atoms with van der Waals surface area (Å²) in [7, 11) is 0. The minimum Gasteiger partial charge on any atom is -0.342 e. The van der Waals surface area contributed by atoms with Crippen LogP contribution in [0.1, 0.15) is 25.1 Å². The summed E-state index contributed by atoms with van der Waals surface area (Å²) in [5, 5.41) is 3.38. The number of aromatic amines is 1. The van der Waals surface area contributed by atoms with Gasteiger partial charge in [-0.2, -0.15) is 0 Å². The highest BCUT2D eigenvalue weighted by molar-refractivity contribution is 5.74. The summed E-state index contributed by atoms with van der Waals surface area (Å²) < 4.78 is 13.1. The van der Waals surface area contributed by atoms with Crippen molar-refractivity contribution < 1.29 is 4.39 Å². The Morgan fingerprint density at radius 1 is 1.28 bits per heavy atom. The van der Waals surface area contributed by atoms with E-state index in [2.05, 4.69) is 15.3 Å². The van der Waals surface area contributed by atoms with E-state index >= 15 is 0 Å². The van der Waals surface area contributed by atoms with Gasteiger partial charge in [0.15, 0.2) is 0 Å². The third kappa shape index (κ3) is 2.53. The molecule has 0 spiro atoms. The zero-order valence-corrected chi connectivity index (χ0v) is 10.4. The Bertz CT molecular complexity index is 529. The molecule has 0 aliphatic carbocycles. The van der Waals surface area contributed by atoms with Crippen LogP contribution in [0.3, 0.4) is 0 Å². The lowest BCUT2D eigenvalue weighted by Gasteiger charge is -2.21. The first-order valence-corrected chi connectivity index (χ1v) is 6.66. The van der Waals surface area contributed by atoms with Crippen LogP contribution in [0.15, 0.2) is 18.2 Å². The fourth-order valence-electron chi connectivity index (χ4n) is 2.66. The number of piperidine rings is 1. The van der Waals surface area contributed by atoms with Crippen molar-refractivity contribution in [3.63, 3.8) is 0 Å². The molecule has 0 unspecified atom stereocenters. The number of H-pyrrole nitrogens is 1. The van der Waals surface area contributed by atoms with Gasteiger partial charge in [-0.3, -0.25) is 0 Å². The van der Waals surface area contributed by atoms with Gasteiger partial charge in [-0.25, -0.2) is 9.37 Å². The Morgan fingerprint density at radius 2 is 2.11 bits per heavy atom. The van der Waals surface area contributed by atoms with E-state index in [4.69, 9.17) is 0 Å². The molecule has 1 aromatic carbocycles. The van der Waals surface area contributed by atoms with E-state index in [1.807, 2.05) is 0 Å². The molecule has 96 valence electrons. The number of hydrogen-bond donors (Lipinski definition) is 2. The molecule has 18 heavy (non-hydrogen) atoms. The van der Waals surface area contributed by atoms with Gasteiger partial charge in [0.05, 0.1) is 11.0 Å². The Hall–Kier alpha value is -1.42. The normalized spacial score (nSPS) is 17.4. The first kappa shape index (κ1) is 11.7. The van der Waals surface area contributed by atoms with Crippen LogP contribution in [-0.2, 0) is 6.42 Å². The van der Waals surface area contributed by atoms with Crippen LogP contribution in [0.2, 0.25) is 0 Å². The molecule has 1 aliphatic rings. The Labute approximate surface area is 106 Å². The second kappa shape index (κ2) is 5.06. The number of halogens is 1. The lowest BCUT2D eigenvalue weighted by atomic mass is 9.93. The Balaban J connectivity index is 1.67. The van der Waals surface area contributed by atoms with Crippen molar-refractivity contribution in [1.82, 2.24) is 15.3 Å². The molecule has 1 aromatic heterocycles. The number of aromatic nitrogens is 2. The van der Waals surface area contributed by atoms with Crippen molar-refractivity contribution >= 4 is 11.0 Å². The largest absolute Gasteiger partial charge is 0.342 e. The molecule has 3 rings (SSSR count). The van der Waals surface area contributed by atoms with Crippen LogP contribution in [0.4, 0.5) is 4.39 Å². The predicted octanol–water partition coefficient (Wildman–Crippen LogP) is 2.63. The molecular formula is C14H18FN3. The number of fused-ring (bicyclic) bond motifs is 1. The van der Waals surface area contributed by atoms with Crippen molar-refractivity contribution in [2.75, 3.05) is 13.1 Å². The Morgan fingerprint density at radius 3 is 2.94 bits per heavy atom. The standard InChI is InChI=1S/C14H18FN3/c15-11-2-3-12-13(9-11)18-14(17-12)4-1-10-5-7-16-8-6-10/h2-3,9-10,16H,1,4-8H2,(H,17,18). The summed E-state index contributed by atoms with van der Waals surface area (Å²) in [5.41, 5.74) is 1.66. The number of aryl methyl sites for hydroxylation is 1. The molecule has 2 aromatic rings. The average molecular weight is 247 g/mol. The smallest absolute Gasteiger partial charge is 0.125 e. The highest BCUT2D eigenvalue weighted by Gasteiger charge is 2.13. The lowest BCUT2D eigenvalue weighted by molar-refractivity contribution is 0.352. The fraction of sp³-hybridized carbons (Fsp3) is 0.500. The highest BCUT2D eigenvalue weighted by Crippen LogP contribution is 2.19. The zero-order valence-electron chi connectivity index (χ0n) is 10.4. The predicted molar refractivity (Wildman–Crippen MR) is 70.0 cm³/mol. The van der Waals surface area contributed by atoms with Gasteiger partial charge in [0, 0.05) is 6.42 Å². The quantitative estimate of drug-likeness (QED) is 0.875. The Kier molecular flexibility index (Phi) is 3.28. The van der Waals surface area contributed by atoms with Crippen molar-refractivity contribution in [3.05, 3.63) is 29.8 Å². The number of nitrogens with zero attached hydrogens (tertiary/aromatic N) is 1. The summed E-state index contributed by atoms with van der Waals surface area (Å²) >= 11 is 0. The van der Waals surface area contributed by atoms with Crippen LogP contribution in [0, 0.1) is 11.7 Å². The highest BCUT2D eigenvalue weighted by atomic mass is 19.1. The van der Waals surface area contributed by atoms with Crippen LogP contribution >= 0.6 is 0 Å². The van der Waals surface area contributed by atoms with Crippen LogP contribution in [0.5, 0.6) is 0 Å². The van der Waals surface area contributed by atoms with Gasteiger partial charge in [-0.15, -0.1) is 0 Å². The summed E-state index contributed by atoms with van der Waals surface area (Å²) in [6.45, 7) is 2.27. The monoisotopic (exact) mass is 247 g/mol. The third-order valence-corrected chi connectivity index (χ3v) is 3.74. The number of nitrogens with one attached hydrogen (secondary N) is 2. The third-order valence-electron chi connectivity index (χ3n) is 3.74. The first-order chi connectivity index (χ1) is 8.81. The van der Waals surface area contributed by atoms with E-state index in [0.29, 0.717) is 0 Å². The molecule has 2 heterocycles. The van der Waals surface area contributed by atoms with Crippen LogP contribution in [0.25, 0.3) is 11.0 Å². The topological polar surface area (TPSA) is 40.7 Å². The SMILES string of the molecule is Fc1ccc2nc(CCC3CCNCC3)[nH]c2c1. The second-order valence-electron chi connectivity index (χ2n) is 5.08. The molecule has 2 N–H and O–H groups in total. The van der Waals surface area contributed by atoms with Crippen molar-refractivity contribution in [2.45, 2.75) is 25.7 Å². The van der Waals surface area contributed by atoms with Crippen LogP contribution in [-0.4, -0.2) is 23.1 Å². The molecule has 4 heteroatoms. The maximum absolute atomic E-state index is 13.1. The van der Waals surface area contributed by atoms with E-state index < -0.39 is 0 Å². The molecule has 0 bridgehead atoms. The molecule has 3 nitrogen and oxygen atoms in total.